The molecule has 0 bridgehead atoms. The molecule has 1 aromatic carbocycles. The lowest BCUT2D eigenvalue weighted by molar-refractivity contribution is 0.102. The zero-order chi connectivity index (χ0) is 14.0. The van der Waals surface area contributed by atoms with E-state index in [1.54, 1.807) is 0 Å². The van der Waals surface area contributed by atoms with Crippen molar-refractivity contribution in [2.45, 2.75) is 0 Å². The second-order valence-electron chi connectivity index (χ2n) is 3.51. The first-order valence-corrected chi connectivity index (χ1v) is 5.74. The van der Waals surface area contributed by atoms with Crippen molar-refractivity contribution < 1.29 is 9.18 Å². The minimum Gasteiger partial charge on any atom is -0.320 e. The number of benzene rings is 1. The molecule has 1 heterocycles. The van der Waals surface area contributed by atoms with E-state index in [-0.39, 0.29) is 21.4 Å². The molecule has 0 spiro atoms. The van der Waals surface area contributed by atoms with Crippen LogP contribution in [0.15, 0.2) is 29.1 Å². The zero-order valence-electron chi connectivity index (χ0n) is 9.21. The van der Waals surface area contributed by atoms with Gasteiger partial charge >= 0.3 is 0 Å². The highest BCUT2D eigenvalue weighted by atomic mass is 35.5. The van der Waals surface area contributed by atoms with Gasteiger partial charge in [-0.1, -0.05) is 23.2 Å². The number of H-pyrrole nitrogens is 1. The van der Waals surface area contributed by atoms with Crippen LogP contribution < -0.4 is 10.9 Å². The average Bonchev–Trinajstić information content (AvgIpc) is 2.36. The Kier molecular flexibility index (Phi) is 3.82. The van der Waals surface area contributed by atoms with E-state index in [4.69, 9.17) is 23.2 Å². The van der Waals surface area contributed by atoms with Crippen molar-refractivity contribution in [2.24, 2.45) is 0 Å². The second-order valence-corrected chi connectivity index (χ2v) is 4.33. The van der Waals surface area contributed by atoms with Gasteiger partial charge in [-0.15, -0.1) is 0 Å². The van der Waals surface area contributed by atoms with Crippen molar-refractivity contribution in [1.29, 1.82) is 0 Å². The van der Waals surface area contributed by atoms with Crippen LogP contribution in [0.1, 0.15) is 10.5 Å². The topological polar surface area (TPSA) is 74.8 Å². The normalized spacial score (nSPS) is 10.3. The van der Waals surface area contributed by atoms with Gasteiger partial charge in [-0.2, -0.15) is 5.10 Å². The summed E-state index contributed by atoms with van der Waals surface area (Å²) in [5, 5.41) is 7.67. The molecule has 0 radical (unpaired) electrons. The van der Waals surface area contributed by atoms with E-state index in [9.17, 15) is 14.0 Å². The molecule has 8 heteroatoms. The Morgan fingerprint density at radius 3 is 2.42 bits per heavy atom. The maximum atomic E-state index is 13.2. The molecule has 98 valence electrons. The number of carbonyl (C=O) groups excluding carboxylic acids is 1. The summed E-state index contributed by atoms with van der Waals surface area (Å²) < 4.78 is 13.2. The minimum atomic E-state index is -0.761. The first-order valence-electron chi connectivity index (χ1n) is 4.99. The summed E-state index contributed by atoms with van der Waals surface area (Å²) in [6, 6.07) is 4.84. The molecule has 0 aliphatic carbocycles. The highest BCUT2D eigenvalue weighted by molar-refractivity contribution is 6.35. The molecule has 0 fully saturated rings. The Hall–Kier alpha value is -1.92. The van der Waals surface area contributed by atoms with E-state index < -0.39 is 17.3 Å². The summed E-state index contributed by atoms with van der Waals surface area (Å²) in [6.45, 7) is 0. The fraction of sp³-hybridized carbons (Fsp3) is 0. The van der Waals surface area contributed by atoms with Crippen LogP contribution in [0.3, 0.4) is 0 Å². The summed E-state index contributed by atoms with van der Waals surface area (Å²) in [4.78, 5) is 22.6. The van der Waals surface area contributed by atoms with E-state index in [0.29, 0.717) is 0 Å². The number of carbonyl (C=O) groups is 1. The molecule has 2 N–H and O–H groups in total. The number of nitrogens with zero attached hydrogens (tertiary/aromatic N) is 1. The van der Waals surface area contributed by atoms with Crippen LogP contribution in [0.25, 0.3) is 0 Å². The molecule has 0 aliphatic rings. The van der Waals surface area contributed by atoms with E-state index in [1.807, 2.05) is 0 Å². The summed E-state index contributed by atoms with van der Waals surface area (Å²) >= 11 is 11.2. The number of anilines is 1. The Bertz CT molecular complexity index is 659. The minimum absolute atomic E-state index is 0.00355. The Balaban J connectivity index is 2.24. The summed E-state index contributed by atoms with van der Waals surface area (Å²) in [7, 11) is 0. The van der Waals surface area contributed by atoms with Crippen molar-refractivity contribution in [3.05, 3.63) is 56.2 Å². The lowest BCUT2D eigenvalue weighted by atomic mass is 10.3. The maximum absolute atomic E-state index is 13.2. The molecule has 0 atom stereocenters. The fourth-order valence-corrected chi connectivity index (χ4v) is 1.78. The molecule has 1 aromatic heterocycles. The molecular formula is C11H6Cl2FN3O2. The average molecular weight is 302 g/mol. The Morgan fingerprint density at radius 2 is 1.89 bits per heavy atom. The van der Waals surface area contributed by atoms with Crippen molar-refractivity contribution >= 4 is 34.8 Å². The van der Waals surface area contributed by atoms with Gasteiger partial charge in [0.05, 0.1) is 10.0 Å². The number of hydrogen-bond donors (Lipinski definition) is 2. The number of rotatable bonds is 2. The van der Waals surface area contributed by atoms with Crippen molar-refractivity contribution in [3.63, 3.8) is 0 Å². The monoisotopic (exact) mass is 301 g/mol. The molecule has 19 heavy (non-hydrogen) atoms. The van der Waals surface area contributed by atoms with Gasteiger partial charge < -0.3 is 5.32 Å². The fourth-order valence-electron chi connectivity index (χ4n) is 1.29. The third-order valence-corrected chi connectivity index (χ3v) is 2.70. The molecule has 0 aliphatic heterocycles. The third-order valence-electron chi connectivity index (χ3n) is 2.15. The van der Waals surface area contributed by atoms with Crippen molar-refractivity contribution in [3.8, 4) is 0 Å². The van der Waals surface area contributed by atoms with E-state index in [1.165, 1.54) is 18.2 Å². The number of aromatic amines is 1. The Morgan fingerprint density at radius 1 is 1.26 bits per heavy atom. The van der Waals surface area contributed by atoms with Crippen LogP contribution in [-0.4, -0.2) is 16.1 Å². The highest BCUT2D eigenvalue weighted by Crippen LogP contribution is 2.27. The van der Waals surface area contributed by atoms with Gasteiger partial charge in [0.15, 0.2) is 5.82 Å². The number of aromatic nitrogens is 2. The molecule has 0 saturated carbocycles. The van der Waals surface area contributed by atoms with Gasteiger partial charge in [-0.05, 0) is 18.2 Å². The quantitative estimate of drug-likeness (QED) is 0.837. The second kappa shape index (κ2) is 5.38. The molecular weight excluding hydrogens is 296 g/mol. The van der Waals surface area contributed by atoms with E-state index in [0.717, 1.165) is 6.07 Å². The van der Waals surface area contributed by atoms with Crippen LogP contribution in [0, 0.1) is 5.82 Å². The maximum Gasteiger partial charge on any atom is 0.276 e. The van der Waals surface area contributed by atoms with Crippen LogP contribution in [0.4, 0.5) is 10.1 Å². The summed E-state index contributed by atoms with van der Waals surface area (Å²) in [6.07, 6.45) is 0. The standard InChI is InChI=1S/C11H6Cl2FN3O2/c12-6-3-5(4-7(13)10(6)14)15-11(19)8-1-2-9(18)17-16-8/h1-4H,(H,15,19)(H,17,18). The lowest BCUT2D eigenvalue weighted by Crippen LogP contribution is -2.17. The first kappa shape index (κ1) is 13.5. The molecule has 0 unspecified atom stereocenters. The number of halogens is 3. The molecule has 5 nitrogen and oxygen atoms in total. The van der Waals surface area contributed by atoms with Gasteiger partial charge in [-0.3, -0.25) is 9.59 Å². The zero-order valence-corrected chi connectivity index (χ0v) is 10.7. The van der Waals surface area contributed by atoms with Crippen LogP contribution in [0.2, 0.25) is 10.0 Å². The van der Waals surface area contributed by atoms with Crippen molar-refractivity contribution in [2.75, 3.05) is 5.32 Å². The van der Waals surface area contributed by atoms with Gasteiger partial charge in [0, 0.05) is 11.8 Å². The van der Waals surface area contributed by atoms with Gasteiger partial charge in [0.2, 0.25) is 0 Å². The van der Waals surface area contributed by atoms with Crippen molar-refractivity contribution in [1.82, 2.24) is 10.2 Å². The summed E-state index contributed by atoms with van der Waals surface area (Å²) in [5.41, 5.74) is -0.213. The van der Waals surface area contributed by atoms with E-state index >= 15 is 0 Å². The summed E-state index contributed by atoms with van der Waals surface area (Å²) in [5.74, 6) is -1.35. The Labute approximate surface area is 116 Å². The highest BCUT2D eigenvalue weighted by Gasteiger charge is 2.12. The largest absolute Gasteiger partial charge is 0.320 e. The third kappa shape index (κ3) is 3.10. The predicted molar refractivity (Wildman–Crippen MR) is 69.2 cm³/mol. The number of amides is 1. The van der Waals surface area contributed by atoms with Crippen LogP contribution >= 0.6 is 23.2 Å². The van der Waals surface area contributed by atoms with Gasteiger partial charge in [0.1, 0.15) is 5.69 Å². The number of hydrogen-bond acceptors (Lipinski definition) is 3. The SMILES string of the molecule is O=C(Nc1cc(Cl)c(F)c(Cl)c1)c1ccc(=O)[nH]n1. The van der Waals surface area contributed by atoms with Gasteiger partial charge in [0.25, 0.3) is 11.5 Å². The molecule has 2 rings (SSSR count). The van der Waals surface area contributed by atoms with Crippen LogP contribution in [-0.2, 0) is 0 Å². The lowest BCUT2D eigenvalue weighted by Gasteiger charge is -2.06. The first-order chi connectivity index (χ1) is 8.97. The van der Waals surface area contributed by atoms with E-state index in [2.05, 4.69) is 15.5 Å². The molecule has 2 aromatic rings. The van der Waals surface area contributed by atoms with Crippen LogP contribution in [0.5, 0.6) is 0 Å². The number of nitrogens with one attached hydrogen (secondary N) is 2. The molecule has 1 amide bonds. The molecule has 0 saturated heterocycles. The van der Waals surface area contributed by atoms with Gasteiger partial charge in [-0.25, -0.2) is 9.49 Å². The predicted octanol–water partition coefficient (Wildman–Crippen LogP) is 2.47. The smallest absolute Gasteiger partial charge is 0.276 e.